The lowest BCUT2D eigenvalue weighted by atomic mass is 10.1. The van der Waals surface area contributed by atoms with E-state index in [0.29, 0.717) is 6.54 Å². The van der Waals surface area contributed by atoms with Crippen LogP contribution in [0.4, 0.5) is 0 Å². The first-order valence-corrected chi connectivity index (χ1v) is 6.57. The minimum atomic E-state index is 0.545. The first kappa shape index (κ1) is 12.3. The van der Waals surface area contributed by atoms with Crippen LogP contribution in [0, 0.1) is 0 Å². The van der Waals surface area contributed by atoms with E-state index in [4.69, 9.17) is 5.73 Å². The average Bonchev–Trinajstić information content (AvgIpc) is 2.72. The van der Waals surface area contributed by atoms with Crippen LogP contribution in [0.15, 0.2) is 34.9 Å². The number of nitrogens with two attached hydrogens (primary N) is 1. The number of rotatable bonds is 4. The molecule has 2 aromatic rings. The lowest BCUT2D eigenvalue weighted by Crippen LogP contribution is -2.05. The Morgan fingerprint density at radius 1 is 1.41 bits per heavy atom. The van der Waals surface area contributed by atoms with Crippen LogP contribution in [-0.4, -0.2) is 9.78 Å². The Kier molecular flexibility index (Phi) is 3.97. The van der Waals surface area contributed by atoms with Gasteiger partial charge >= 0.3 is 0 Å². The third kappa shape index (κ3) is 2.58. The summed E-state index contributed by atoms with van der Waals surface area (Å²) in [6.45, 7) is 2.71. The standard InChI is InChI=1S/C13H16BrN3/c1-2-4-13-10(8-15)9-16-17(13)12-6-3-5-11(14)7-12/h3,5-7,9H,2,4,8,15H2,1H3. The summed E-state index contributed by atoms with van der Waals surface area (Å²) in [6, 6.07) is 8.14. The lowest BCUT2D eigenvalue weighted by Gasteiger charge is -2.08. The van der Waals surface area contributed by atoms with E-state index >= 15 is 0 Å². The van der Waals surface area contributed by atoms with Gasteiger partial charge < -0.3 is 5.73 Å². The average molecular weight is 294 g/mol. The van der Waals surface area contributed by atoms with Crippen LogP contribution in [0.2, 0.25) is 0 Å². The number of benzene rings is 1. The maximum atomic E-state index is 5.74. The molecule has 0 saturated heterocycles. The van der Waals surface area contributed by atoms with Gasteiger partial charge in [-0.3, -0.25) is 0 Å². The van der Waals surface area contributed by atoms with Gasteiger partial charge in [0.05, 0.1) is 11.9 Å². The van der Waals surface area contributed by atoms with Gasteiger partial charge in [0.25, 0.3) is 0 Å². The fraction of sp³-hybridized carbons (Fsp3) is 0.308. The SMILES string of the molecule is CCCc1c(CN)cnn1-c1cccc(Br)c1. The Bertz CT molecular complexity index is 505. The summed E-state index contributed by atoms with van der Waals surface area (Å²) in [5.41, 5.74) is 9.16. The van der Waals surface area contributed by atoms with Crippen molar-refractivity contribution in [2.45, 2.75) is 26.3 Å². The number of halogens is 1. The predicted octanol–water partition coefficient (Wildman–Crippen LogP) is 3.05. The summed E-state index contributed by atoms with van der Waals surface area (Å²) < 4.78 is 3.04. The van der Waals surface area contributed by atoms with Gasteiger partial charge in [0, 0.05) is 22.3 Å². The molecule has 90 valence electrons. The van der Waals surface area contributed by atoms with Crippen LogP contribution in [-0.2, 0) is 13.0 Å². The van der Waals surface area contributed by atoms with Crippen LogP contribution in [0.25, 0.3) is 5.69 Å². The molecule has 3 nitrogen and oxygen atoms in total. The molecular weight excluding hydrogens is 278 g/mol. The van der Waals surface area contributed by atoms with E-state index in [1.807, 2.05) is 23.0 Å². The van der Waals surface area contributed by atoms with Gasteiger partial charge in [-0.15, -0.1) is 0 Å². The van der Waals surface area contributed by atoms with E-state index in [1.165, 1.54) is 5.69 Å². The highest BCUT2D eigenvalue weighted by Gasteiger charge is 2.10. The van der Waals surface area contributed by atoms with E-state index in [0.717, 1.165) is 28.6 Å². The highest BCUT2D eigenvalue weighted by atomic mass is 79.9. The summed E-state index contributed by atoms with van der Waals surface area (Å²) in [6.07, 6.45) is 3.96. The Morgan fingerprint density at radius 3 is 2.88 bits per heavy atom. The van der Waals surface area contributed by atoms with E-state index in [1.54, 1.807) is 0 Å². The Morgan fingerprint density at radius 2 is 2.24 bits per heavy atom. The van der Waals surface area contributed by atoms with Crippen molar-refractivity contribution >= 4 is 15.9 Å². The molecule has 1 heterocycles. The van der Waals surface area contributed by atoms with Gasteiger partial charge in [-0.05, 0) is 24.6 Å². The van der Waals surface area contributed by atoms with Crippen molar-refractivity contribution < 1.29 is 0 Å². The number of hydrogen-bond acceptors (Lipinski definition) is 2. The molecule has 0 unspecified atom stereocenters. The zero-order valence-corrected chi connectivity index (χ0v) is 11.4. The van der Waals surface area contributed by atoms with Crippen LogP contribution in [0.1, 0.15) is 24.6 Å². The number of aromatic nitrogens is 2. The Hall–Kier alpha value is -1.13. The summed E-state index contributed by atoms with van der Waals surface area (Å²) in [5, 5.41) is 4.43. The second kappa shape index (κ2) is 5.47. The summed E-state index contributed by atoms with van der Waals surface area (Å²) in [5.74, 6) is 0. The predicted molar refractivity (Wildman–Crippen MR) is 73.2 cm³/mol. The molecule has 2 rings (SSSR count). The molecule has 0 saturated carbocycles. The molecule has 0 aliphatic heterocycles. The van der Waals surface area contributed by atoms with Gasteiger partial charge in [0.1, 0.15) is 0 Å². The molecule has 0 bridgehead atoms. The molecule has 0 amide bonds. The molecule has 0 fully saturated rings. The highest BCUT2D eigenvalue weighted by Crippen LogP contribution is 2.19. The molecule has 1 aromatic heterocycles. The second-order valence-electron chi connectivity index (χ2n) is 3.96. The minimum absolute atomic E-state index is 0.545. The molecule has 0 aliphatic rings. The third-order valence-corrected chi connectivity index (χ3v) is 3.21. The van der Waals surface area contributed by atoms with Gasteiger partial charge in [-0.1, -0.05) is 35.3 Å². The summed E-state index contributed by atoms with van der Waals surface area (Å²) in [4.78, 5) is 0. The van der Waals surface area contributed by atoms with Crippen molar-refractivity contribution in [1.82, 2.24) is 9.78 Å². The van der Waals surface area contributed by atoms with Crippen molar-refractivity contribution in [3.8, 4) is 5.69 Å². The van der Waals surface area contributed by atoms with Gasteiger partial charge in [-0.25, -0.2) is 4.68 Å². The largest absolute Gasteiger partial charge is 0.326 e. The topological polar surface area (TPSA) is 43.8 Å². The fourth-order valence-corrected chi connectivity index (χ4v) is 2.30. The van der Waals surface area contributed by atoms with Crippen LogP contribution in [0.5, 0.6) is 0 Å². The summed E-state index contributed by atoms with van der Waals surface area (Å²) in [7, 11) is 0. The third-order valence-electron chi connectivity index (χ3n) is 2.71. The maximum absolute atomic E-state index is 5.74. The van der Waals surface area contributed by atoms with Crippen molar-refractivity contribution in [3.63, 3.8) is 0 Å². The molecule has 0 atom stereocenters. The van der Waals surface area contributed by atoms with Crippen LogP contribution in [0.3, 0.4) is 0 Å². The van der Waals surface area contributed by atoms with Crippen molar-refractivity contribution in [3.05, 3.63) is 46.2 Å². The monoisotopic (exact) mass is 293 g/mol. The molecule has 2 N–H and O–H groups in total. The minimum Gasteiger partial charge on any atom is -0.326 e. The van der Waals surface area contributed by atoms with Gasteiger partial charge in [0.2, 0.25) is 0 Å². The quantitative estimate of drug-likeness (QED) is 0.942. The van der Waals surface area contributed by atoms with E-state index in [2.05, 4.69) is 40.1 Å². The zero-order valence-electron chi connectivity index (χ0n) is 9.86. The summed E-state index contributed by atoms with van der Waals surface area (Å²) >= 11 is 3.48. The molecular formula is C13H16BrN3. The van der Waals surface area contributed by atoms with Gasteiger partial charge in [-0.2, -0.15) is 5.10 Å². The number of nitrogens with zero attached hydrogens (tertiary/aromatic N) is 2. The van der Waals surface area contributed by atoms with Crippen molar-refractivity contribution in [2.75, 3.05) is 0 Å². The maximum Gasteiger partial charge on any atom is 0.0660 e. The van der Waals surface area contributed by atoms with Crippen molar-refractivity contribution in [1.29, 1.82) is 0 Å². The fourth-order valence-electron chi connectivity index (χ4n) is 1.91. The normalized spacial score (nSPS) is 10.8. The Labute approximate surface area is 110 Å². The molecule has 0 radical (unpaired) electrons. The van der Waals surface area contributed by atoms with Crippen LogP contribution < -0.4 is 5.73 Å². The molecule has 4 heteroatoms. The number of hydrogen-bond donors (Lipinski definition) is 1. The first-order chi connectivity index (χ1) is 8.26. The van der Waals surface area contributed by atoms with E-state index < -0.39 is 0 Å². The lowest BCUT2D eigenvalue weighted by molar-refractivity contribution is 0.767. The molecule has 17 heavy (non-hydrogen) atoms. The Balaban J connectivity index is 2.47. The highest BCUT2D eigenvalue weighted by molar-refractivity contribution is 9.10. The van der Waals surface area contributed by atoms with Crippen LogP contribution >= 0.6 is 15.9 Å². The molecule has 0 aliphatic carbocycles. The van der Waals surface area contributed by atoms with Crippen molar-refractivity contribution in [2.24, 2.45) is 5.73 Å². The second-order valence-corrected chi connectivity index (χ2v) is 4.88. The molecule has 0 spiro atoms. The van der Waals surface area contributed by atoms with Gasteiger partial charge in [0.15, 0.2) is 0 Å². The first-order valence-electron chi connectivity index (χ1n) is 5.78. The van der Waals surface area contributed by atoms with E-state index in [-0.39, 0.29) is 0 Å². The molecule has 1 aromatic carbocycles. The zero-order chi connectivity index (χ0) is 12.3. The van der Waals surface area contributed by atoms with E-state index in [9.17, 15) is 0 Å². The smallest absolute Gasteiger partial charge is 0.0660 e.